The monoisotopic (exact) mass is 327 g/mol. The Balaban J connectivity index is 3.19. The molecule has 6 heteroatoms. The first kappa shape index (κ1) is 17.1. The van der Waals surface area contributed by atoms with E-state index < -0.39 is 15.2 Å². The number of halogens is 3. The van der Waals surface area contributed by atoms with Crippen LogP contribution in [0.25, 0.3) is 0 Å². The number of hydrogen-bond acceptors (Lipinski definition) is 3. The van der Waals surface area contributed by atoms with Crippen LogP contribution in [-0.4, -0.2) is 33.5 Å². The Hall–Kier alpha value is 0.01000. The Labute approximate surface area is 129 Å². The number of aliphatic imine (C=N–C) groups is 1. The first-order valence-corrected chi connectivity index (χ1v) is 7.74. The van der Waals surface area contributed by atoms with E-state index in [0.717, 1.165) is 6.42 Å². The summed E-state index contributed by atoms with van der Waals surface area (Å²) in [4.78, 5) is 15.3. The van der Waals surface area contributed by atoms with Crippen LogP contribution in [0.3, 0.4) is 0 Å². The fourth-order valence-electron chi connectivity index (χ4n) is 2.03. The number of rotatable bonds is 4. The van der Waals surface area contributed by atoms with Gasteiger partial charge in [-0.2, -0.15) is 0 Å². The van der Waals surface area contributed by atoms with Gasteiger partial charge in [-0.3, -0.25) is 4.99 Å². The molecule has 0 radical (unpaired) electrons. The summed E-state index contributed by atoms with van der Waals surface area (Å²) < 4.78 is 3.86. The fourth-order valence-corrected chi connectivity index (χ4v) is 3.22. The Kier molecular flexibility index (Phi) is 5.96. The second-order valence-corrected chi connectivity index (χ2v) is 6.94. The van der Waals surface area contributed by atoms with Crippen LogP contribution in [0.1, 0.15) is 46.5 Å². The lowest BCUT2D eigenvalue weighted by Crippen LogP contribution is -2.53. The molecular formula is C13H20Cl3NO2. The third kappa shape index (κ3) is 3.77. The molecule has 3 nitrogen and oxygen atoms in total. The highest BCUT2D eigenvalue weighted by molar-refractivity contribution is 6.65. The predicted molar refractivity (Wildman–Crippen MR) is 80.7 cm³/mol. The Morgan fingerprint density at radius 2 is 2.00 bits per heavy atom. The second-order valence-electron chi connectivity index (χ2n) is 4.81. The van der Waals surface area contributed by atoms with Gasteiger partial charge < -0.3 is 4.74 Å². The van der Waals surface area contributed by atoms with Crippen LogP contribution in [-0.2, 0) is 9.53 Å². The zero-order valence-electron chi connectivity index (χ0n) is 11.5. The summed E-state index contributed by atoms with van der Waals surface area (Å²) in [6.45, 7) is 5.94. The molecule has 0 aliphatic heterocycles. The zero-order valence-corrected chi connectivity index (χ0v) is 13.8. The molecule has 0 spiro atoms. The SMILES string of the molecule is CCOC(=O)C1(Cl)CCCC(Cl)(Cl)C1=NC(C)CC. The van der Waals surface area contributed by atoms with E-state index in [4.69, 9.17) is 39.5 Å². The van der Waals surface area contributed by atoms with Crippen molar-refractivity contribution in [2.75, 3.05) is 6.61 Å². The molecule has 1 fully saturated rings. The molecule has 0 amide bonds. The molecule has 0 aromatic carbocycles. The van der Waals surface area contributed by atoms with Gasteiger partial charge in [0, 0.05) is 6.04 Å². The predicted octanol–water partition coefficient (Wildman–Crippen LogP) is 4.12. The molecule has 0 N–H and O–H groups in total. The minimum atomic E-state index is -1.33. The average Bonchev–Trinajstić information content (AvgIpc) is 2.33. The molecule has 1 rings (SSSR count). The summed E-state index contributed by atoms with van der Waals surface area (Å²) in [7, 11) is 0. The maximum atomic E-state index is 12.1. The Morgan fingerprint density at radius 3 is 2.53 bits per heavy atom. The van der Waals surface area contributed by atoms with Gasteiger partial charge in [0.15, 0.2) is 9.21 Å². The van der Waals surface area contributed by atoms with Crippen molar-refractivity contribution in [3.8, 4) is 0 Å². The quantitative estimate of drug-likeness (QED) is 0.575. The first-order chi connectivity index (χ1) is 8.78. The van der Waals surface area contributed by atoms with Crippen LogP contribution in [0.4, 0.5) is 0 Å². The molecule has 19 heavy (non-hydrogen) atoms. The molecule has 2 unspecified atom stereocenters. The van der Waals surface area contributed by atoms with Gasteiger partial charge in [0.05, 0.1) is 12.3 Å². The van der Waals surface area contributed by atoms with E-state index in [0.29, 0.717) is 25.0 Å². The number of esters is 1. The highest BCUT2D eigenvalue weighted by Gasteiger charge is 2.54. The van der Waals surface area contributed by atoms with E-state index in [2.05, 4.69) is 4.99 Å². The van der Waals surface area contributed by atoms with Crippen LogP contribution in [0.2, 0.25) is 0 Å². The molecule has 0 aromatic heterocycles. The van der Waals surface area contributed by atoms with E-state index >= 15 is 0 Å². The number of ether oxygens (including phenoxy) is 1. The van der Waals surface area contributed by atoms with Crippen molar-refractivity contribution in [2.24, 2.45) is 4.99 Å². The summed E-state index contributed by atoms with van der Waals surface area (Å²) in [5, 5.41) is 0. The standard InChI is InChI=1S/C13H20Cl3NO2/c1-4-9(3)17-10-12(14,11(18)19-5-2)7-6-8-13(10,15)16/h9H,4-8H2,1-3H3. The lowest BCUT2D eigenvalue weighted by Gasteiger charge is -2.38. The lowest BCUT2D eigenvalue weighted by atomic mass is 9.85. The van der Waals surface area contributed by atoms with Gasteiger partial charge >= 0.3 is 5.97 Å². The number of hydrogen-bond donors (Lipinski definition) is 0. The second kappa shape index (κ2) is 6.64. The summed E-state index contributed by atoms with van der Waals surface area (Å²) in [6, 6.07) is 0.0116. The average molecular weight is 329 g/mol. The van der Waals surface area contributed by atoms with E-state index in [-0.39, 0.29) is 12.6 Å². The van der Waals surface area contributed by atoms with Gasteiger partial charge in [0.1, 0.15) is 0 Å². The summed E-state index contributed by atoms with van der Waals surface area (Å²) >= 11 is 19.1. The number of alkyl halides is 3. The topological polar surface area (TPSA) is 38.7 Å². The molecule has 1 saturated carbocycles. The number of carbonyl (C=O) groups is 1. The molecule has 110 valence electrons. The number of nitrogens with zero attached hydrogens (tertiary/aromatic N) is 1. The summed E-state index contributed by atoms with van der Waals surface area (Å²) in [5.74, 6) is -0.510. The van der Waals surface area contributed by atoms with E-state index in [1.807, 2.05) is 13.8 Å². The van der Waals surface area contributed by atoms with Gasteiger partial charge in [-0.05, 0) is 39.5 Å². The van der Waals surface area contributed by atoms with Crippen molar-refractivity contribution in [3.05, 3.63) is 0 Å². The van der Waals surface area contributed by atoms with Crippen molar-refractivity contribution in [2.45, 2.75) is 61.7 Å². The van der Waals surface area contributed by atoms with Gasteiger partial charge in [-0.1, -0.05) is 41.7 Å². The third-order valence-electron chi connectivity index (χ3n) is 3.27. The van der Waals surface area contributed by atoms with Crippen LogP contribution < -0.4 is 0 Å². The zero-order chi connectivity index (χ0) is 14.7. The number of carbonyl (C=O) groups excluding carboxylic acids is 1. The first-order valence-electron chi connectivity index (χ1n) is 6.60. The molecule has 0 bridgehead atoms. The molecule has 0 heterocycles. The van der Waals surface area contributed by atoms with E-state index in [1.165, 1.54) is 0 Å². The molecule has 2 atom stereocenters. The minimum Gasteiger partial charge on any atom is -0.464 e. The van der Waals surface area contributed by atoms with Crippen LogP contribution in [0, 0.1) is 0 Å². The van der Waals surface area contributed by atoms with Crippen molar-refractivity contribution < 1.29 is 9.53 Å². The maximum Gasteiger partial charge on any atom is 0.333 e. The normalized spacial score (nSPS) is 30.1. The van der Waals surface area contributed by atoms with Gasteiger partial charge in [-0.25, -0.2) is 4.79 Å². The maximum absolute atomic E-state index is 12.1. The smallest absolute Gasteiger partial charge is 0.333 e. The van der Waals surface area contributed by atoms with Crippen molar-refractivity contribution in [1.29, 1.82) is 0 Å². The fraction of sp³-hybridized carbons (Fsp3) is 0.846. The van der Waals surface area contributed by atoms with E-state index in [1.54, 1.807) is 6.92 Å². The molecule has 0 saturated heterocycles. The lowest BCUT2D eigenvalue weighted by molar-refractivity contribution is -0.144. The van der Waals surface area contributed by atoms with Crippen molar-refractivity contribution in [1.82, 2.24) is 0 Å². The van der Waals surface area contributed by atoms with Crippen LogP contribution in [0.15, 0.2) is 4.99 Å². The highest BCUT2D eigenvalue weighted by atomic mass is 35.5. The third-order valence-corrected chi connectivity index (χ3v) is 4.53. The van der Waals surface area contributed by atoms with Crippen molar-refractivity contribution >= 4 is 46.5 Å². The highest BCUT2D eigenvalue weighted by Crippen LogP contribution is 2.44. The molecular weight excluding hydrogens is 309 g/mol. The van der Waals surface area contributed by atoms with Crippen LogP contribution in [0.5, 0.6) is 0 Å². The van der Waals surface area contributed by atoms with Crippen LogP contribution >= 0.6 is 34.8 Å². The van der Waals surface area contributed by atoms with Gasteiger partial charge in [0.25, 0.3) is 0 Å². The van der Waals surface area contributed by atoms with Gasteiger partial charge in [0.2, 0.25) is 0 Å². The molecule has 0 aromatic rings. The van der Waals surface area contributed by atoms with Gasteiger partial charge in [-0.15, -0.1) is 0 Å². The minimum absolute atomic E-state index is 0.0116. The Bertz CT molecular complexity index is 371. The summed E-state index contributed by atoms with van der Waals surface area (Å²) in [5.41, 5.74) is 0.337. The van der Waals surface area contributed by atoms with Crippen molar-refractivity contribution in [3.63, 3.8) is 0 Å². The Morgan fingerprint density at radius 1 is 1.37 bits per heavy atom. The molecule has 1 aliphatic carbocycles. The molecule has 1 aliphatic rings. The van der Waals surface area contributed by atoms with E-state index in [9.17, 15) is 4.79 Å². The summed E-state index contributed by atoms with van der Waals surface area (Å²) in [6.07, 6.45) is 2.47. The largest absolute Gasteiger partial charge is 0.464 e.